The van der Waals surface area contributed by atoms with Gasteiger partial charge in [0.25, 0.3) is 5.91 Å². The zero-order valence-corrected chi connectivity index (χ0v) is 15.2. The van der Waals surface area contributed by atoms with Gasteiger partial charge in [-0.15, -0.1) is 0 Å². The summed E-state index contributed by atoms with van der Waals surface area (Å²) in [5, 5.41) is 3.50. The van der Waals surface area contributed by atoms with Gasteiger partial charge in [0.15, 0.2) is 0 Å². The lowest BCUT2D eigenvalue weighted by Crippen LogP contribution is -2.15. The second-order valence-corrected chi connectivity index (χ2v) is 6.57. The number of carbonyl (C=O) groups is 1. The molecule has 0 saturated heterocycles. The van der Waals surface area contributed by atoms with E-state index in [-0.39, 0.29) is 5.56 Å². The molecule has 1 amide bonds. The molecule has 0 radical (unpaired) electrons. The van der Waals surface area contributed by atoms with Gasteiger partial charge in [0.1, 0.15) is 17.3 Å². The monoisotopic (exact) mass is 394 g/mol. The summed E-state index contributed by atoms with van der Waals surface area (Å²) in [5.41, 5.74) is 1.68. The molecule has 0 aliphatic heterocycles. The van der Waals surface area contributed by atoms with Crippen LogP contribution in [0.2, 0.25) is 5.02 Å². The number of rotatable bonds is 3. The zero-order chi connectivity index (χ0) is 19.7. The first-order valence-electron chi connectivity index (χ1n) is 8.44. The van der Waals surface area contributed by atoms with Gasteiger partial charge in [-0.25, -0.2) is 13.8 Å². The molecule has 3 nitrogen and oxygen atoms in total. The van der Waals surface area contributed by atoms with Gasteiger partial charge >= 0.3 is 0 Å². The number of amides is 1. The van der Waals surface area contributed by atoms with E-state index in [9.17, 15) is 13.6 Å². The number of anilines is 1. The Balaban J connectivity index is 1.83. The molecule has 0 spiro atoms. The number of fused-ring (bicyclic) bond motifs is 1. The van der Waals surface area contributed by atoms with Crippen molar-refractivity contribution in [2.75, 3.05) is 5.32 Å². The Morgan fingerprint density at radius 1 is 0.893 bits per heavy atom. The van der Waals surface area contributed by atoms with Gasteiger partial charge in [-0.05, 0) is 36.4 Å². The largest absolute Gasteiger partial charge is 0.317 e. The van der Waals surface area contributed by atoms with Crippen molar-refractivity contribution in [3.8, 4) is 11.3 Å². The topological polar surface area (TPSA) is 42.0 Å². The van der Waals surface area contributed by atoms with E-state index in [2.05, 4.69) is 10.3 Å². The summed E-state index contributed by atoms with van der Waals surface area (Å²) in [6.07, 6.45) is 0. The molecule has 1 aromatic heterocycles. The molecule has 0 fully saturated rings. The van der Waals surface area contributed by atoms with E-state index in [0.29, 0.717) is 21.6 Å². The number of carbonyl (C=O) groups excluding carboxylic acids is 1. The summed E-state index contributed by atoms with van der Waals surface area (Å²) in [7, 11) is 0. The fraction of sp³-hybridized carbons (Fsp3) is 0. The molecule has 0 unspecified atom stereocenters. The number of benzene rings is 3. The molecule has 1 heterocycles. The van der Waals surface area contributed by atoms with Crippen molar-refractivity contribution in [1.29, 1.82) is 0 Å². The van der Waals surface area contributed by atoms with Crippen LogP contribution < -0.4 is 5.32 Å². The molecule has 28 heavy (non-hydrogen) atoms. The highest BCUT2D eigenvalue weighted by Gasteiger charge is 2.17. The van der Waals surface area contributed by atoms with Crippen molar-refractivity contribution in [2.24, 2.45) is 0 Å². The first-order chi connectivity index (χ1) is 13.5. The highest BCUT2D eigenvalue weighted by Crippen LogP contribution is 2.27. The van der Waals surface area contributed by atoms with Crippen LogP contribution in [0, 0.1) is 11.6 Å². The van der Waals surface area contributed by atoms with Gasteiger partial charge in [0.2, 0.25) is 0 Å². The number of hydrogen-bond donors (Lipinski definition) is 1. The molecule has 0 bridgehead atoms. The van der Waals surface area contributed by atoms with E-state index < -0.39 is 23.2 Å². The molecule has 138 valence electrons. The first kappa shape index (κ1) is 18.1. The van der Waals surface area contributed by atoms with Crippen LogP contribution in [0.15, 0.2) is 72.8 Å². The van der Waals surface area contributed by atoms with Crippen molar-refractivity contribution in [2.45, 2.75) is 0 Å². The second kappa shape index (κ2) is 7.37. The fourth-order valence-corrected chi connectivity index (χ4v) is 3.06. The van der Waals surface area contributed by atoms with Crippen LogP contribution in [0.1, 0.15) is 10.4 Å². The van der Waals surface area contributed by atoms with Gasteiger partial charge in [-0.3, -0.25) is 4.79 Å². The van der Waals surface area contributed by atoms with Gasteiger partial charge in [-0.2, -0.15) is 0 Å². The summed E-state index contributed by atoms with van der Waals surface area (Å²) in [4.78, 5) is 17.5. The number of pyridine rings is 1. The minimum absolute atomic E-state index is 0.262. The number of nitrogens with zero attached hydrogens (tertiary/aromatic N) is 1. The highest BCUT2D eigenvalue weighted by molar-refractivity contribution is 6.30. The predicted octanol–water partition coefficient (Wildman–Crippen LogP) is 6.09. The Morgan fingerprint density at radius 2 is 1.57 bits per heavy atom. The van der Waals surface area contributed by atoms with Gasteiger partial charge in [0.05, 0.1) is 16.8 Å². The standard InChI is InChI=1S/C22H13ClF2N2O/c23-14-10-8-13(9-11-14)20-12-16(15-4-1-2-7-19(15)26-20)22(28)27-21-17(24)5-3-6-18(21)25/h1-12H,(H,27,28). The minimum Gasteiger partial charge on any atom is -0.317 e. The molecule has 0 aliphatic carbocycles. The average molecular weight is 395 g/mol. The summed E-state index contributed by atoms with van der Waals surface area (Å²) in [6.45, 7) is 0. The van der Waals surface area contributed by atoms with E-state index in [0.717, 1.165) is 17.7 Å². The maximum absolute atomic E-state index is 13.9. The number of aromatic nitrogens is 1. The minimum atomic E-state index is -0.843. The molecule has 1 N–H and O–H groups in total. The summed E-state index contributed by atoms with van der Waals surface area (Å²) >= 11 is 5.94. The third-order valence-electron chi connectivity index (χ3n) is 4.30. The van der Waals surface area contributed by atoms with Crippen molar-refractivity contribution < 1.29 is 13.6 Å². The molecule has 4 aromatic rings. The third-order valence-corrected chi connectivity index (χ3v) is 4.55. The van der Waals surface area contributed by atoms with Crippen LogP contribution in [0.5, 0.6) is 0 Å². The second-order valence-electron chi connectivity index (χ2n) is 6.13. The Hall–Kier alpha value is -3.31. The summed E-state index contributed by atoms with van der Waals surface area (Å²) in [6, 6.07) is 19.1. The zero-order valence-electron chi connectivity index (χ0n) is 14.4. The van der Waals surface area contributed by atoms with E-state index in [1.54, 1.807) is 54.6 Å². The molecule has 0 aliphatic rings. The number of para-hydroxylation sites is 2. The predicted molar refractivity (Wildman–Crippen MR) is 107 cm³/mol. The van der Waals surface area contributed by atoms with E-state index in [1.807, 2.05) is 0 Å². The first-order valence-corrected chi connectivity index (χ1v) is 8.82. The molecular formula is C22H13ClF2N2O. The van der Waals surface area contributed by atoms with Crippen LogP contribution in [-0.2, 0) is 0 Å². The Morgan fingerprint density at radius 3 is 2.29 bits per heavy atom. The SMILES string of the molecule is O=C(Nc1c(F)cccc1F)c1cc(-c2ccc(Cl)cc2)nc2ccccc12. The Kier molecular flexibility index (Phi) is 4.75. The Labute approximate surface area is 164 Å². The van der Waals surface area contributed by atoms with Crippen LogP contribution in [-0.4, -0.2) is 10.9 Å². The van der Waals surface area contributed by atoms with Crippen LogP contribution >= 0.6 is 11.6 Å². The van der Waals surface area contributed by atoms with E-state index in [1.165, 1.54) is 6.07 Å². The van der Waals surface area contributed by atoms with Gasteiger partial charge < -0.3 is 5.32 Å². The number of halogens is 3. The molecule has 4 rings (SSSR count). The van der Waals surface area contributed by atoms with Gasteiger partial charge in [0, 0.05) is 16.0 Å². The lowest BCUT2D eigenvalue weighted by atomic mass is 10.0. The van der Waals surface area contributed by atoms with Crippen molar-refractivity contribution >= 4 is 34.1 Å². The molecule has 6 heteroatoms. The number of hydrogen-bond acceptors (Lipinski definition) is 2. The van der Waals surface area contributed by atoms with E-state index in [4.69, 9.17) is 11.6 Å². The van der Waals surface area contributed by atoms with Crippen LogP contribution in [0.3, 0.4) is 0 Å². The van der Waals surface area contributed by atoms with E-state index >= 15 is 0 Å². The summed E-state index contributed by atoms with van der Waals surface area (Å²) < 4.78 is 27.9. The average Bonchev–Trinajstić information content (AvgIpc) is 2.70. The smallest absolute Gasteiger partial charge is 0.256 e. The maximum Gasteiger partial charge on any atom is 0.256 e. The molecular weight excluding hydrogens is 382 g/mol. The lowest BCUT2D eigenvalue weighted by molar-refractivity contribution is 0.102. The highest BCUT2D eigenvalue weighted by atomic mass is 35.5. The molecule has 3 aromatic carbocycles. The molecule has 0 atom stereocenters. The van der Waals surface area contributed by atoms with Crippen molar-refractivity contribution in [3.63, 3.8) is 0 Å². The normalized spacial score (nSPS) is 10.8. The van der Waals surface area contributed by atoms with Crippen molar-refractivity contribution in [3.05, 3.63) is 95.0 Å². The molecule has 0 saturated carbocycles. The maximum atomic E-state index is 13.9. The third kappa shape index (κ3) is 3.44. The Bertz CT molecular complexity index is 1170. The lowest BCUT2D eigenvalue weighted by Gasteiger charge is -2.12. The van der Waals surface area contributed by atoms with Gasteiger partial charge in [-0.1, -0.05) is 48.0 Å². The summed E-state index contributed by atoms with van der Waals surface area (Å²) in [5.74, 6) is -2.31. The van der Waals surface area contributed by atoms with Crippen LogP contribution in [0.4, 0.5) is 14.5 Å². The van der Waals surface area contributed by atoms with Crippen LogP contribution in [0.25, 0.3) is 22.2 Å². The fourth-order valence-electron chi connectivity index (χ4n) is 2.93. The quantitative estimate of drug-likeness (QED) is 0.457. The number of nitrogens with one attached hydrogen (secondary N) is 1. The van der Waals surface area contributed by atoms with Crippen molar-refractivity contribution in [1.82, 2.24) is 4.98 Å².